The van der Waals surface area contributed by atoms with E-state index in [1.54, 1.807) is 13.2 Å². The Labute approximate surface area is 118 Å². The number of hydrogen-bond acceptors (Lipinski definition) is 4. The van der Waals surface area contributed by atoms with Crippen molar-refractivity contribution < 1.29 is 4.52 Å². The standard InChI is InChI=1S/C13H20N6O/c1-9-11(10(2)20-18-9)7-16-13(14-3)17-8-12-15-5-6-19(12)4/h5-6H,7-8H2,1-4H3,(H2,14,16,17). The molecule has 0 saturated carbocycles. The van der Waals surface area contributed by atoms with Gasteiger partial charge >= 0.3 is 0 Å². The molecule has 0 aliphatic rings. The van der Waals surface area contributed by atoms with Crippen LogP contribution in [0.25, 0.3) is 0 Å². The van der Waals surface area contributed by atoms with Crippen LogP contribution in [0.2, 0.25) is 0 Å². The minimum absolute atomic E-state index is 0.616. The van der Waals surface area contributed by atoms with Crippen molar-refractivity contribution >= 4 is 5.96 Å². The molecule has 2 N–H and O–H groups in total. The van der Waals surface area contributed by atoms with Crippen LogP contribution in [0, 0.1) is 13.8 Å². The Morgan fingerprint density at radius 3 is 2.65 bits per heavy atom. The Bertz CT molecular complexity index is 578. The Balaban J connectivity index is 1.89. The highest BCUT2D eigenvalue weighted by molar-refractivity contribution is 5.79. The van der Waals surface area contributed by atoms with Gasteiger partial charge < -0.3 is 19.7 Å². The summed E-state index contributed by atoms with van der Waals surface area (Å²) in [5.41, 5.74) is 1.96. The number of nitrogens with one attached hydrogen (secondary N) is 2. The van der Waals surface area contributed by atoms with E-state index in [4.69, 9.17) is 4.52 Å². The minimum Gasteiger partial charge on any atom is -0.361 e. The number of guanidine groups is 1. The summed E-state index contributed by atoms with van der Waals surface area (Å²) in [6.07, 6.45) is 3.69. The highest BCUT2D eigenvalue weighted by atomic mass is 16.5. The predicted octanol–water partition coefficient (Wildman–Crippen LogP) is 0.890. The summed E-state index contributed by atoms with van der Waals surface area (Å²) in [7, 11) is 3.70. The van der Waals surface area contributed by atoms with Crippen LogP contribution >= 0.6 is 0 Å². The monoisotopic (exact) mass is 276 g/mol. The number of rotatable bonds is 4. The van der Waals surface area contributed by atoms with Crippen molar-refractivity contribution in [1.29, 1.82) is 0 Å². The van der Waals surface area contributed by atoms with Crippen LogP contribution in [-0.2, 0) is 20.1 Å². The first-order valence-electron chi connectivity index (χ1n) is 6.44. The molecule has 0 aliphatic carbocycles. The summed E-state index contributed by atoms with van der Waals surface area (Å²) in [5.74, 6) is 2.49. The lowest BCUT2D eigenvalue weighted by atomic mass is 10.2. The molecule has 0 unspecified atom stereocenters. The quantitative estimate of drug-likeness (QED) is 0.640. The fraction of sp³-hybridized carbons (Fsp3) is 0.462. The molecule has 0 radical (unpaired) electrons. The summed E-state index contributed by atoms with van der Waals surface area (Å²) in [6, 6.07) is 0. The van der Waals surface area contributed by atoms with Crippen LogP contribution in [0.15, 0.2) is 21.9 Å². The van der Waals surface area contributed by atoms with E-state index in [0.29, 0.717) is 19.0 Å². The van der Waals surface area contributed by atoms with Gasteiger partial charge in [0.25, 0.3) is 0 Å². The zero-order valence-electron chi connectivity index (χ0n) is 12.3. The number of hydrogen-bond donors (Lipinski definition) is 2. The van der Waals surface area contributed by atoms with Crippen molar-refractivity contribution in [2.24, 2.45) is 12.0 Å². The van der Waals surface area contributed by atoms with Gasteiger partial charge in [0.05, 0.1) is 12.2 Å². The molecule has 0 saturated heterocycles. The van der Waals surface area contributed by atoms with Crippen LogP contribution in [0.1, 0.15) is 22.8 Å². The Hall–Kier alpha value is -2.31. The molecule has 2 rings (SSSR count). The zero-order chi connectivity index (χ0) is 14.5. The molecular weight excluding hydrogens is 256 g/mol. The lowest BCUT2D eigenvalue weighted by molar-refractivity contribution is 0.392. The third-order valence-electron chi connectivity index (χ3n) is 3.17. The normalized spacial score (nSPS) is 11.7. The van der Waals surface area contributed by atoms with E-state index in [1.807, 2.05) is 31.7 Å². The largest absolute Gasteiger partial charge is 0.361 e. The zero-order valence-corrected chi connectivity index (χ0v) is 12.3. The summed E-state index contributed by atoms with van der Waals surface area (Å²) >= 11 is 0. The van der Waals surface area contributed by atoms with Gasteiger partial charge in [0.15, 0.2) is 5.96 Å². The minimum atomic E-state index is 0.616. The third kappa shape index (κ3) is 3.17. The van der Waals surface area contributed by atoms with Crippen molar-refractivity contribution in [3.8, 4) is 0 Å². The molecule has 0 bridgehead atoms. The molecule has 0 atom stereocenters. The highest BCUT2D eigenvalue weighted by Gasteiger charge is 2.09. The number of aliphatic imine (C=N–C) groups is 1. The van der Waals surface area contributed by atoms with Gasteiger partial charge in [-0.2, -0.15) is 0 Å². The van der Waals surface area contributed by atoms with E-state index < -0.39 is 0 Å². The molecule has 2 heterocycles. The fourth-order valence-corrected chi connectivity index (χ4v) is 1.88. The van der Waals surface area contributed by atoms with E-state index in [-0.39, 0.29) is 0 Å². The Morgan fingerprint density at radius 1 is 1.35 bits per heavy atom. The fourth-order valence-electron chi connectivity index (χ4n) is 1.88. The maximum atomic E-state index is 5.13. The maximum absolute atomic E-state index is 5.13. The first kappa shape index (κ1) is 14.1. The lowest BCUT2D eigenvalue weighted by Gasteiger charge is -2.11. The van der Waals surface area contributed by atoms with E-state index in [2.05, 4.69) is 25.8 Å². The topological polar surface area (TPSA) is 80.3 Å². The smallest absolute Gasteiger partial charge is 0.191 e. The molecule has 108 valence electrons. The molecule has 0 spiro atoms. The molecule has 20 heavy (non-hydrogen) atoms. The number of aromatic nitrogens is 3. The summed E-state index contributed by atoms with van der Waals surface area (Å²) in [6.45, 7) is 5.07. The SMILES string of the molecule is CN=C(NCc1c(C)noc1C)NCc1nccn1C. The van der Waals surface area contributed by atoms with Gasteiger partial charge in [0.1, 0.15) is 11.6 Å². The highest BCUT2D eigenvalue weighted by Crippen LogP contribution is 2.11. The average Bonchev–Trinajstić information content (AvgIpc) is 2.98. The van der Waals surface area contributed by atoms with Crippen molar-refractivity contribution in [2.45, 2.75) is 26.9 Å². The van der Waals surface area contributed by atoms with Gasteiger partial charge in [-0.05, 0) is 13.8 Å². The third-order valence-corrected chi connectivity index (χ3v) is 3.17. The number of aryl methyl sites for hydroxylation is 3. The second kappa shape index (κ2) is 6.23. The van der Waals surface area contributed by atoms with Crippen molar-refractivity contribution in [3.05, 3.63) is 35.2 Å². The van der Waals surface area contributed by atoms with E-state index in [1.165, 1.54) is 0 Å². The summed E-state index contributed by atoms with van der Waals surface area (Å²) < 4.78 is 7.10. The predicted molar refractivity (Wildman–Crippen MR) is 76.2 cm³/mol. The molecule has 0 aliphatic heterocycles. The van der Waals surface area contributed by atoms with Crippen LogP contribution < -0.4 is 10.6 Å². The first-order valence-corrected chi connectivity index (χ1v) is 6.44. The maximum Gasteiger partial charge on any atom is 0.191 e. The molecular formula is C13H20N6O. The molecule has 2 aromatic heterocycles. The second-order valence-electron chi connectivity index (χ2n) is 4.54. The second-order valence-corrected chi connectivity index (χ2v) is 4.54. The Morgan fingerprint density at radius 2 is 2.10 bits per heavy atom. The van der Waals surface area contributed by atoms with Gasteiger partial charge in [-0.25, -0.2) is 4.98 Å². The molecule has 2 aromatic rings. The van der Waals surface area contributed by atoms with Crippen molar-refractivity contribution in [1.82, 2.24) is 25.3 Å². The van der Waals surface area contributed by atoms with Gasteiger partial charge in [0, 0.05) is 38.6 Å². The summed E-state index contributed by atoms with van der Waals surface area (Å²) in [4.78, 5) is 8.44. The Kier molecular flexibility index (Phi) is 4.39. The van der Waals surface area contributed by atoms with Gasteiger partial charge in [-0.1, -0.05) is 5.16 Å². The van der Waals surface area contributed by atoms with Gasteiger partial charge in [-0.3, -0.25) is 4.99 Å². The number of imidazole rings is 1. The molecule has 0 amide bonds. The van der Waals surface area contributed by atoms with E-state index in [9.17, 15) is 0 Å². The van der Waals surface area contributed by atoms with Crippen molar-refractivity contribution in [3.63, 3.8) is 0 Å². The van der Waals surface area contributed by atoms with Crippen LogP contribution in [-0.4, -0.2) is 27.7 Å². The van der Waals surface area contributed by atoms with Crippen molar-refractivity contribution in [2.75, 3.05) is 7.05 Å². The lowest BCUT2D eigenvalue weighted by Crippen LogP contribution is -2.37. The van der Waals surface area contributed by atoms with Gasteiger partial charge in [-0.15, -0.1) is 0 Å². The van der Waals surface area contributed by atoms with Gasteiger partial charge in [0.2, 0.25) is 0 Å². The number of nitrogens with zero attached hydrogens (tertiary/aromatic N) is 4. The first-order chi connectivity index (χ1) is 9.61. The van der Waals surface area contributed by atoms with Crippen LogP contribution in [0.5, 0.6) is 0 Å². The molecule has 0 aromatic carbocycles. The molecule has 7 heteroatoms. The van der Waals surface area contributed by atoms with Crippen LogP contribution in [0.4, 0.5) is 0 Å². The molecule has 7 nitrogen and oxygen atoms in total. The van der Waals surface area contributed by atoms with E-state index in [0.717, 1.165) is 22.8 Å². The molecule has 0 fully saturated rings. The van der Waals surface area contributed by atoms with E-state index >= 15 is 0 Å². The van der Waals surface area contributed by atoms with Crippen LogP contribution in [0.3, 0.4) is 0 Å². The average molecular weight is 276 g/mol. The summed E-state index contributed by atoms with van der Waals surface area (Å²) in [5, 5.41) is 10.4.